The van der Waals surface area contributed by atoms with Crippen molar-refractivity contribution in [1.82, 2.24) is 10.2 Å². The zero-order valence-electron chi connectivity index (χ0n) is 11.0. The third kappa shape index (κ3) is 2.63. The van der Waals surface area contributed by atoms with Crippen molar-refractivity contribution in [2.75, 3.05) is 6.54 Å². The molecule has 0 aromatic heterocycles. The van der Waals surface area contributed by atoms with Crippen molar-refractivity contribution in [3.63, 3.8) is 0 Å². The number of hydrogen-bond acceptors (Lipinski definition) is 3. The molecule has 2 bridgehead atoms. The molecule has 3 unspecified atom stereocenters. The summed E-state index contributed by atoms with van der Waals surface area (Å²) in [4.78, 5) is 13.8. The summed E-state index contributed by atoms with van der Waals surface area (Å²) in [6.45, 7) is 5.11. The summed E-state index contributed by atoms with van der Waals surface area (Å²) in [5.74, 6) is -0.166. The lowest BCUT2D eigenvalue weighted by Gasteiger charge is -2.40. The Hall–Kier alpha value is -0.610. The van der Waals surface area contributed by atoms with Gasteiger partial charge >= 0.3 is 0 Å². The third-order valence-corrected chi connectivity index (χ3v) is 4.40. The Morgan fingerprint density at radius 2 is 1.94 bits per heavy atom. The highest BCUT2D eigenvalue weighted by Gasteiger charge is 2.38. The van der Waals surface area contributed by atoms with Gasteiger partial charge in [-0.05, 0) is 38.6 Å². The van der Waals surface area contributed by atoms with Gasteiger partial charge in [-0.3, -0.25) is 9.69 Å². The van der Waals surface area contributed by atoms with E-state index < -0.39 is 0 Å². The third-order valence-electron chi connectivity index (χ3n) is 4.40. The zero-order valence-corrected chi connectivity index (χ0v) is 11.0. The summed E-state index contributed by atoms with van der Waals surface area (Å²) in [6, 6.07) is 1.79. The summed E-state index contributed by atoms with van der Waals surface area (Å²) in [7, 11) is 0. The number of amides is 1. The second-order valence-corrected chi connectivity index (χ2v) is 5.42. The van der Waals surface area contributed by atoms with Gasteiger partial charge in [0.1, 0.15) is 0 Å². The van der Waals surface area contributed by atoms with Crippen molar-refractivity contribution in [3.05, 3.63) is 0 Å². The Labute approximate surface area is 104 Å². The molecular weight excluding hydrogens is 214 g/mol. The molecular formula is C13H25N3O. The Kier molecular flexibility index (Phi) is 4.05. The van der Waals surface area contributed by atoms with Crippen LogP contribution >= 0.6 is 0 Å². The lowest BCUT2D eigenvalue weighted by molar-refractivity contribution is -0.124. The number of nitrogens with two attached hydrogens (primary N) is 1. The Morgan fingerprint density at radius 1 is 1.35 bits per heavy atom. The first-order chi connectivity index (χ1) is 8.15. The number of likely N-dealkylation sites (N-methyl/N-ethyl adjacent to an activating group) is 1. The van der Waals surface area contributed by atoms with Crippen LogP contribution in [-0.4, -0.2) is 41.5 Å². The van der Waals surface area contributed by atoms with E-state index in [4.69, 9.17) is 5.73 Å². The predicted octanol–water partition coefficient (Wildman–Crippen LogP) is 0.855. The SMILES string of the molecule is CCC(C(N)=O)N(CC)C1CC2CCC(C1)N2. The van der Waals surface area contributed by atoms with Gasteiger partial charge < -0.3 is 11.1 Å². The quantitative estimate of drug-likeness (QED) is 0.748. The van der Waals surface area contributed by atoms with Crippen molar-refractivity contribution in [3.8, 4) is 0 Å². The number of hydrogen-bond donors (Lipinski definition) is 2. The summed E-state index contributed by atoms with van der Waals surface area (Å²) in [5, 5.41) is 3.64. The van der Waals surface area contributed by atoms with Gasteiger partial charge in [0.05, 0.1) is 6.04 Å². The van der Waals surface area contributed by atoms with E-state index in [2.05, 4.69) is 17.1 Å². The Morgan fingerprint density at radius 3 is 2.35 bits per heavy atom. The van der Waals surface area contributed by atoms with Crippen LogP contribution in [0.15, 0.2) is 0 Å². The molecule has 4 heteroatoms. The van der Waals surface area contributed by atoms with Crippen LogP contribution < -0.4 is 11.1 Å². The van der Waals surface area contributed by atoms with Crippen molar-refractivity contribution < 1.29 is 4.79 Å². The van der Waals surface area contributed by atoms with Gasteiger partial charge in [0.2, 0.25) is 5.91 Å². The van der Waals surface area contributed by atoms with E-state index in [-0.39, 0.29) is 11.9 Å². The molecule has 2 heterocycles. The fraction of sp³-hybridized carbons (Fsp3) is 0.923. The maximum absolute atomic E-state index is 11.5. The summed E-state index contributed by atoms with van der Waals surface area (Å²) in [5.41, 5.74) is 5.52. The summed E-state index contributed by atoms with van der Waals surface area (Å²) >= 11 is 0. The van der Waals surface area contributed by atoms with Crippen LogP contribution in [0.1, 0.15) is 46.0 Å². The largest absolute Gasteiger partial charge is 0.368 e. The fourth-order valence-electron chi connectivity index (χ4n) is 3.63. The van der Waals surface area contributed by atoms with E-state index in [1.165, 1.54) is 25.7 Å². The van der Waals surface area contributed by atoms with Crippen LogP contribution in [0.5, 0.6) is 0 Å². The fourth-order valence-corrected chi connectivity index (χ4v) is 3.63. The van der Waals surface area contributed by atoms with Crippen molar-refractivity contribution in [2.45, 2.75) is 70.1 Å². The highest BCUT2D eigenvalue weighted by molar-refractivity contribution is 5.79. The van der Waals surface area contributed by atoms with E-state index in [0.717, 1.165) is 13.0 Å². The lowest BCUT2D eigenvalue weighted by Crippen LogP contribution is -2.54. The summed E-state index contributed by atoms with van der Waals surface area (Å²) in [6.07, 6.45) is 5.77. The molecule has 0 spiro atoms. The van der Waals surface area contributed by atoms with E-state index >= 15 is 0 Å². The van der Waals surface area contributed by atoms with E-state index in [1.54, 1.807) is 0 Å². The molecule has 0 aromatic rings. The molecule has 2 saturated heterocycles. The first-order valence-electron chi connectivity index (χ1n) is 6.96. The minimum absolute atomic E-state index is 0.0810. The van der Waals surface area contributed by atoms with Crippen molar-refractivity contribution in [1.29, 1.82) is 0 Å². The highest BCUT2D eigenvalue weighted by atomic mass is 16.1. The number of fused-ring (bicyclic) bond motifs is 2. The minimum atomic E-state index is -0.166. The second kappa shape index (κ2) is 5.36. The number of carbonyl (C=O) groups excluding carboxylic acids is 1. The molecule has 98 valence electrons. The average Bonchev–Trinajstić information content (AvgIpc) is 2.64. The smallest absolute Gasteiger partial charge is 0.234 e. The topological polar surface area (TPSA) is 58.4 Å². The van der Waals surface area contributed by atoms with Crippen molar-refractivity contribution >= 4 is 5.91 Å². The maximum Gasteiger partial charge on any atom is 0.234 e. The van der Waals surface area contributed by atoms with Gasteiger partial charge in [-0.25, -0.2) is 0 Å². The van der Waals surface area contributed by atoms with Crippen LogP contribution in [0.3, 0.4) is 0 Å². The molecule has 3 atom stereocenters. The zero-order chi connectivity index (χ0) is 12.4. The number of nitrogens with one attached hydrogen (secondary N) is 1. The minimum Gasteiger partial charge on any atom is -0.368 e. The van der Waals surface area contributed by atoms with Gasteiger partial charge in [-0.1, -0.05) is 13.8 Å². The highest BCUT2D eigenvalue weighted by Crippen LogP contribution is 2.30. The van der Waals surface area contributed by atoms with Crippen LogP contribution in [0.4, 0.5) is 0 Å². The van der Waals surface area contributed by atoms with Crippen LogP contribution in [0.2, 0.25) is 0 Å². The molecule has 2 aliphatic rings. The molecule has 0 radical (unpaired) electrons. The van der Waals surface area contributed by atoms with Gasteiger partial charge in [0, 0.05) is 18.1 Å². The Balaban J connectivity index is 2.04. The van der Waals surface area contributed by atoms with Crippen LogP contribution in [0, 0.1) is 0 Å². The molecule has 3 N–H and O–H groups in total. The van der Waals surface area contributed by atoms with Crippen molar-refractivity contribution in [2.24, 2.45) is 5.73 Å². The standard InChI is InChI=1S/C13H25N3O/c1-3-12(13(14)17)16(4-2)11-7-9-5-6-10(8-11)15-9/h9-12,15H,3-8H2,1-2H3,(H2,14,17). The first-order valence-corrected chi connectivity index (χ1v) is 6.96. The molecule has 0 aromatic carbocycles. The van der Waals surface area contributed by atoms with E-state index in [9.17, 15) is 4.79 Å². The lowest BCUT2D eigenvalue weighted by atomic mass is 9.96. The van der Waals surface area contributed by atoms with Crippen LogP contribution in [-0.2, 0) is 4.79 Å². The molecule has 4 nitrogen and oxygen atoms in total. The molecule has 2 fully saturated rings. The van der Waals surface area contributed by atoms with Gasteiger partial charge in [0.15, 0.2) is 0 Å². The first kappa shape index (κ1) is 12.8. The number of nitrogens with zero attached hydrogens (tertiary/aromatic N) is 1. The molecule has 1 amide bonds. The Bertz CT molecular complexity index is 270. The number of primary amides is 1. The number of rotatable bonds is 5. The average molecular weight is 239 g/mol. The van der Waals surface area contributed by atoms with E-state index in [0.29, 0.717) is 18.1 Å². The van der Waals surface area contributed by atoms with Gasteiger partial charge in [0.25, 0.3) is 0 Å². The number of piperidine rings is 1. The maximum atomic E-state index is 11.5. The predicted molar refractivity (Wildman–Crippen MR) is 68.6 cm³/mol. The van der Waals surface area contributed by atoms with Gasteiger partial charge in [-0.2, -0.15) is 0 Å². The molecule has 2 rings (SSSR count). The molecule has 2 aliphatic heterocycles. The van der Waals surface area contributed by atoms with E-state index in [1.807, 2.05) is 6.92 Å². The molecule has 0 aliphatic carbocycles. The number of carbonyl (C=O) groups is 1. The normalized spacial score (nSPS) is 33.9. The molecule has 0 saturated carbocycles. The monoisotopic (exact) mass is 239 g/mol. The summed E-state index contributed by atoms with van der Waals surface area (Å²) < 4.78 is 0. The van der Waals surface area contributed by atoms with Gasteiger partial charge in [-0.15, -0.1) is 0 Å². The van der Waals surface area contributed by atoms with Crippen LogP contribution in [0.25, 0.3) is 0 Å². The second-order valence-electron chi connectivity index (χ2n) is 5.42. The molecule has 17 heavy (non-hydrogen) atoms.